The number of rotatable bonds is 7. The van der Waals surface area contributed by atoms with Gasteiger partial charge in [-0.25, -0.2) is 9.48 Å². The normalized spacial score (nSPS) is 11.9. The van der Waals surface area contributed by atoms with Crippen LogP contribution in [0.1, 0.15) is 45.9 Å². The Morgan fingerprint density at radius 1 is 0.973 bits per heavy atom. The van der Waals surface area contributed by atoms with E-state index in [1.807, 2.05) is 65.0 Å². The molecule has 3 aromatic rings. The van der Waals surface area contributed by atoms with E-state index in [4.69, 9.17) is 0 Å². The van der Waals surface area contributed by atoms with Crippen LogP contribution in [0, 0.1) is 5.92 Å². The van der Waals surface area contributed by atoms with Crippen LogP contribution in [-0.4, -0.2) is 39.7 Å². The maximum Gasteiger partial charge on any atom is 0.416 e. The number of urea groups is 1. The maximum absolute atomic E-state index is 13.1. The quantitative estimate of drug-likeness (QED) is 0.387. The van der Waals surface area contributed by atoms with Crippen LogP contribution in [0.3, 0.4) is 0 Å². The number of aromatic nitrogens is 2. The van der Waals surface area contributed by atoms with Gasteiger partial charge in [-0.2, -0.15) is 18.3 Å². The van der Waals surface area contributed by atoms with E-state index in [-0.39, 0.29) is 30.1 Å². The van der Waals surface area contributed by atoms with E-state index in [9.17, 15) is 22.8 Å². The number of hydrogen-bond donors (Lipinski definition) is 2. The van der Waals surface area contributed by atoms with E-state index in [1.165, 1.54) is 17.0 Å². The van der Waals surface area contributed by atoms with Crippen molar-refractivity contribution < 1.29 is 22.8 Å². The summed E-state index contributed by atoms with van der Waals surface area (Å²) in [4.78, 5) is 27.3. The lowest BCUT2D eigenvalue weighted by Gasteiger charge is -2.24. The number of carbonyl (C=O) groups is 2. The summed E-state index contributed by atoms with van der Waals surface area (Å²) in [5.74, 6) is 0.00342. The highest BCUT2D eigenvalue weighted by atomic mass is 19.4. The summed E-state index contributed by atoms with van der Waals surface area (Å²) in [6.45, 7) is 9.72. The van der Waals surface area contributed by atoms with Crippen molar-refractivity contribution >= 4 is 23.4 Å². The fourth-order valence-corrected chi connectivity index (χ4v) is 3.59. The molecule has 0 spiro atoms. The van der Waals surface area contributed by atoms with Gasteiger partial charge >= 0.3 is 12.2 Å². The van der Waals surface area contributed by atoms with Gasteiger partial charge in [0, 0.05) is 23.7 Å². The second-order valence-electron chi connectivity index (χ2n) is 10.2. The highest BCUT2D eigenvalue weighted by Gasteiger charge is 2.31. The molecule has 3 rings (SSSR count). The van der Waals surface area contributed by atoms with Gasteiger partial charge in [0.15, 0.2) is 0 Å². The Labute approximate surface area is 214 Å². The first kappa shape index (κ1) is 27.8. The fourth-order valence-electron chi connectivity index (χ4n) is 3.59. The van der Waals surface area contributed by atoms with Crippen LogP contribution in [0.25, 0.3) is 5.69 Å². The smallest absolute Gasteiger partial charge is 0.315 e. The van der Waals surface area contributed by atoms with E-state index < -0.39 is 23.7 Å². The molecule has 0 fully saturated rings. The molecule has 2 aromatic carbocycles. The minimum atomic E-state index is -4.54. The standard InChI is InChI=1S/C27H32F3N5O2/c1-18(2)16-34(25(37)31-20-11-9-10-19(14-20)27(28,29)30)17-24(36)32-23-15-22(26(3,4)5)33-35(23)21-12-7-6-8-13-21/h6-15,18H,16-17H2,1-5H3,(H,31,37)(H,32,36). The van der Waals surface area contributed by atoms with Crippen molar-refractivity contribution in [2.24, 2.45) is 5.92 Å². The van der Waals surface area contributed by atoms with E-state index in [2.05, 4.69) is 15.7 Å². The summed E-state index contributed by atoms with van der Waals surface area (Å²) in [6, 6.07) is 14.8. The molecule has 0 unspecified atom stereocenters. The van der Waals surface area contributed by atoms with Crippen LogP contribution < -0.4 is 10.6 Å². The zero-order valence-corrected chi connectivity index (χ0v) is 21.6. The summed E-state index contributed by atoms with van der Waals surface area (Å²) in [5.41, 5.74) is 0.379. The van der Waals surface area contributed by atoms with Crippen LogP contribution in [0.15, 0.2) is 60.7 Å². The molecule has 10 heteroatoms. The summed E-state index contributed by atoms with van der Waals surface area (Å²) < 4.78 is 40.8. The molecule has 0 atom stereocenters. The SMILES string of the molecule is CC(C)CN(CC(=O)Nc1cc(C(C)(C)C)nn1-c1ccccc1)C(=O)Nc1cccc(C(F)(F)F)c1. The van der Waals surface area contributed by atoms with Gasteiger partial charge < -0.3 is 15.5 Å². The minimum absolute atomic E-state index is 0.00837. The van der Waals surface area contributed by atoms with Gasteiger partial charge in [-0.1, -0.05) is 58.9 Å². The molecule has 7 nitrogen and oxygen atoms in total. The van der Waals surface area contributed by atoms with Gasteiger partial charge in [0.1, 0.15) is 12.4 Å². The van der Waals surface area contributed by atoms with Crippen LogP contribution in [0.5, 0.6) is 0 Å². The molecule has 0 aliphatic heterocycles. The molecule has 3 amide bonds. The summed E-state index contributed by atoms with van der Waals surface area (Å²) in [7, 11) is 0. The summed E-state index contributed by atoms with van der Waals surface area (Å²) in [5, 5.41) is 9.99. The van der Waals surface area contributed by atoms with Crippen LogP contribution >= 0.6 is 0 Å². The Balaban J connectivity index is 1.80. The first-order chi connectivity index (χ1) is 17.2. The van der Waals surface area contributed by atoms with Crippen molar-refractivity contribution in [3.63, 3.8) is 0 Å². The highest BCUT2D eigenvalue weighted by molar-refractivity contribution is 5.96. The third-order valence-corrected chi connectivity index (χ3v) is 5.39. The monoisotopic (exact) mass is 515 g/mol. The van der Waals surface area contributed by atoms with Crippen molar-refractivity contribution in [2.45, 2.75) is 46.2 Å². The number of hydrogen-bond acceptors (Lipinski definition) is 3. The third kappa shape index (κ3) is 7.58. The van der Waals surface area contributed by atoms with Gasteiger partial charge in [-0.05, 0) is 36.2 Å². The molecule has 0 saturated heterocycles. The average Bonchev–Trinajstić information content (AvgIpc) is 3.23. The van der Waals surface area contributed by atoms with Gasteiger partial charge in [-0.3, -0.25) is 4.79 Å². The summed E-state index contributed by atoms with van der Waals surface area (Å²) in [6.07, 6.45) is -4.54. The first-order valence-corrected chi connectivity index (χ1v) is 11.9. The van der Waals surface area contributed by atoms with Crippen molar-refractivity contribution in [3.8, 4) is 5.69 Å². The van der Waals surface area contributed by atoms with Crippen molar-refractivity contribution in [3.05, 3.63) is 71.9 Å². The molecule has 0 saturated carbocycles. The number of amides is 3. The van der Waals surface area contributed by atoms with Gasteiger partial charge in [0.05, 0.1) is 16.9 Å². The second-order valence-corrected chi connectivity index (χ2v) is 10.2. The number of alkyl halides is 3. The molecule has 198 valence electrons. The first-order valence-electron chi connectivity index (χ1n) is 11.9. The number of nitrogens with zero attached hydrogens (tertiary/aromatic N) is 3. The van der Waals surface area contributed by atoms with Crippen molar-refractivity contribution in [1.82, 2.24) is 14.7 Å². The molecule has 1 aromatic heterocycles. The molecule has 0 aliphatic carbocycles. The molecule has 2 N–H and O–H groups in total. The van der Waals surface area contributed by atoms with E-state index in [0.717, 1.165) is 23.5 Å². The molecule has 0 bridgehead atoms. The average molecular weight is 516 g/mol. The molecule has 0 aliphatic rings. The largest absolute Gasteiger partial charge is 0.416 e. The Morgan fingerprint density at radius 3 is 2.24 bits per heavy atom. The zero-order valence-electron chi connectivity index (χ0n) is 21.6. The Morgan fingerprint density at radius 2 is 1.65 bits per heavy atom. The number of nitrogens with one attached hydrogen (secondary N) is 2. The molecular formula is C27H32F3N5O2. The Kier molecular flexibility index (Phi) is 8.30. The van der Waals surface area contributed by atoms with E-state index in [1.54, 1.807) is 10.7 Å². The molecule has 1 heterocycles. The number of benzene rings is 2. The molecule has 0 radical (unpaired) electrons. The zero-order chi connectivity index (χ0) is 27.4. The van der Waals surface area contributed by atoms with Crippen LogP contribution in [0.4, 0.5) is 29.5 Å². The summed E-state index contributed by atoms with van der Waals surface area (Å²) >= 11 is 0. The lowest BCUT2D eigenvalue weighted by molar-refractivity contribution is -0.137. The number of halogens is 3. The highest BCUT2D eigenvalue weighted by Crippen LogP contribution is 2.31. The number of anilines is 2. The molecular weight excluding hydrogens is 483 g/mol. The number of para-hydroxylation sites is 1. The minimum Gasteiger partial charge on any atom is -0.315 e. The van der Waals surface area contributed by atoms with Crippen molar-refractivity contribution in [1.29, 1.82) is 0 Å². The number of carbonyl (C=O) groups excluding carboxylic acids is 2. The van der Waals surface area contributed by atoms with Gasteiger partial charge in [0.25, 0.3) is 0 Å². The fraction of sp³-hybridized carbons (Fsp3) is 0.370. The lowest BCUT2D eigenvalue weighted by atomic mass is 9.92. The Bertz CT molecular complexity index is 1230. The van der Waals surface area contributed by atoms with Gasteiger partial charge in [0.2, 0.25) is 5.91 Å². The molecule has 37 heavy (non-hydrogen) atoms. The predicted molar refractivity (Wildman–Crippen MR) is 138 cm³/mol. The van der Waals surface area contributed by atoms with Gasteiger partial charge in [-0.15, -0.1) is 0 Å². The third-order valence-electron chi connectivity index (χ3n) is 5.39. The van der Waals surface area contributed by atoms with Crippen LogP contribution in [-0.2, 0) is 16.4 Å². The topological polar surface area (TPSA) is 79.3 Å². The van der Waals surface area contributed by atoms with E-state index >= 15 is 0 Å². The Hall–Kier alpha value is -3.82. The van der Waals surface area contributed by atoms with E-state index in [0.29, 0.717) is 5.82 Å². The van der Waals surface area contributed by atoms with Crippen molar-refractivity contribution in [2.75, 3.05) is 23.7 Å². The predicted octanol–water partition coefficient (Wildman–Crippen LogP) is 6.32. The lowest BCUT2D eigenvalue weighted by Crippen LogP contribution is -2.42. The maximum atomic E-state index is 13.1. The van der Waals surface area contributed by atoms with Crippen LogP contribution in [0.2, 0.25) is 0 Å². The second kappa shape index (κ2) is 11.1.